The molecule has 2 heteroatoms. The van der Waals surface area contributed by atoms with Crippen molar-refractivity contribution in [2.45, 2.75) is 65.0 Å². The average Bonchev–Trinajstić information content (AvgIpc) is 2.88. The van der Waals surface area contributed by atoms with E-state index in [1.807, 2.05) is 0 Å². The lowest BCUT2D eigenvalue weighted by Gasteiger charge is -2.36. The van der Waals surface area contributed by atoms with E-state index < -0.39 is 0 Å². The van der Waals surface area contributed by atoms with Gasteiger partial charge in [-0.3, -0.25) is 0 Å². The molecular formula is C15H30N2. The molecule has 2 aliphatic rings. The Bertz CT molecular complexity index is 241. The summed E-state index contributed by atoms with van der Waals surface area (Å²) in [5.74, 6) is 1.70. The predicted octanol–water partition coefficient (Wildman–Crippen LogP) is 2.89. The van der Waals surface area contributed by atoms with Crippen LogP contribution in [0.5, 0.6) is 0 Å². The van der Waals surface area contributed by atoms with E-state index in [-0.39, 0.29) is 0 Å². The summed E-state index contributed by atoms with van der Waals surface area (Å²) in [6, 6.07) is 0.728. The van der Waals surface area contributed by atoms with E-state index in [0.29, 0.717) is 5.54 Å². The van der Waals surface area contributed by atoms with Gasteiger partial charge in [0.25, 0.3) is 0 Å². The molecule has 0 saturated carbocycles. The SMILES string of the molecule is CC(C)N1CCC(CC2(C(C)C)CCCN2)C1. The first-order chi connectivity index (χ1) is 8.03. The predicted molar refractivity (Wildman–Crippen MR) is 74.2 cm³/mol. The van der Waals surface area contributed by atoms with Gasteiger partial charge in [-0.2, -0.15) is 0 Å². The van der Waals surface area contributed by atoms with Crippen molar-refractivity contribution in [2.75, 3.05) is 19.6 Å². The Morgan fingerprint density at radius 2 is 2.06 bits per heavy atom. The summed E-state index contributed by atoms with van der Waals surface area (Å²) in [5, 5.41) is 3.82. The van der Waals surface area contributed by atoms with Crippen LogP contribution >= 0.6 is 0 Å². The monoisotopic (exact) mass is 238 g/mol. The Morgan fingerprint density at radius 3 is 2.53 bits per heavy atom. The minimum absolute atomic E-state index is 0.456. The molecule has 2 saturated heterocycles. The van der Waals surface area contributed by atoms with E-state index in [2.05, 4.69) is 37.9 Å². The molecule has 0 bridgehead atoms. The van der Waals surface area contributed by atoms with Gasteiger partial charge in [-0.25, -0.2) is 0 Å². The summed E-state index contributed by atoms with van der Waals surface area (Å²) >= 11 is 0. The van der Waals surface area contributed by atoms with Gasteiger partial charge in [0, 0.05) is 18.1 Å². The molecule has 2 fully saturated rings. The lowest BCUT2D eigenvalue weighted by atomic mass is 9.77. The van der Waals surface area contributed by atoms with Crippen LogP contribution in [-0.2, 0) is 0 Å². The zero-order chi connectivity index (χ0) is 12.5. The average molecular weight is 238 g/mol. The third kappa shape index (κ3) is 2.85. The molecular weight excluding hydrogens is 208 g/mol. The molecule has 2 heterocycles. The minimum Gasteiger partial charge on any atom is -0.311 e. The number of likely N-dealkylation sites (tertiary alicyclic amines) is 1. The van der Waals surface area contributed by atoms with E-state index in [0.717, 1.165) is 17.9 Å². The largest absolute Gasteiger partial charge is 0.311 e. The number of nitrogens with zero attached hydrogens (tertiary/aromatic N) is 1. The molecule has 1 N–H and O–H groups in total. The smallest absolute Gasteiger partial charge is 0.0208 e. The van der Waals surface area contributed by atoms with Crippen LogP contribution in [0, 0.1) is 11.8 Å². The van der Waals surface area contributed by atoms with Gasteiger partial charge >= 0.3 is 0 Å². The Morgan fingerprint density at radius 1 is 1.29 bits per heavy atom. The summed E-state index contributed by atoms with van der Waals surface area (Å²) in [7, 11) is 0. The van der Waals surface area contributed by atoms with Crippen LogP contribution in [0.15, 0.2) is 0 Å². The van der Waals surface area contributed by atoms with Crippen molar-refractivity contribution in [1.29, 1.82) is 0 Å². The molecule has 0 spiro atoms. The van der Waals surface area contributed by atoms with Gasteiger partial charge in [-0.15, -0.1) is 0 Å². The number of nitrogens with one attached hydrogen (secondary N) is 1. The molecule has 0 amide bonds. The molecule has 100 valence electrons. The fraction of sp³-hybridized carbons (Fsp3) is 1.00. The van der Waals surface area contributed by atoms with Crippen molar-refractivity contribution in [2.24, 2.45) is 11.8 Å². The zero-order valence-corrected chi connectivity index (χ0v) is 12.1. The van der Waals surface area contributed by atoms with Gasteiger partial charge in [0.1, 0.15) is 0 Å². The standard InChI is InChI=1S/C15H30N2/c1-12(2)15(7-5-8-16-15)10-14-6-9-17(11-14)13(3)4/h12-14,16H,5-11H2,1-4H3. The summed E-state index contributed by atoms with van der Waals surface area (Å²) in [4.78, 5) is 2.65. The maximum atomic E-state index is 3.82. The van der Waals surface area contributed by atoms with Crippen molar-refractivity contribution in [3.8, 4) is 0 Å². The van der Waals surface area contributed by atoms with Crippen LogP contribution in [0.25, 0.3) is 0 Å². The maximum absolute atomic E-state index is 3.82. The van der Waals surface area contributed by atoms with Crippen LogP contribution in [0.2, 0.25) is 0 Å². The minimum atomic E-state index is 0.456. The first-order valence-corrected chi connectivity index (χ1v) is 7.52. The van der Waals surface area contributed by atoms with E-state index in [1.165, 1.54) is 45.3 Å². The van der Waals surface area contributed by atoms with Gasteiger partial charge in [-0.05, 0) is 64.5 Å². The van der Waals surface area contributed by atoms with E-state index in [1.54, 1.807) is 0 Å². The first-order valence-electron chi connectivity index (χ1n) is 7.52. The first kappa shape index (κ1) is 13.4. The second-order valence-corrected chi connectivity index (χ2v) is 6.79. The lowest BCUT2D eigenvalue weighted by molar-refractivity contribution is 0.200. The second kappa shape index (κ2) is 5.27. The molecule has 2 rings (SSSR count). The second-order valence-electron chi connectivity index (χ2n) is 6.79. The lowest BCUT2D eigenvalue weighted by Crippen LogP contribution is -2.46. The van der Waals surface area contributed by atoms with Crippen LogP contribution in [-0.4, -0.2) is 36.1 Å². The van der Waals surface area contributed by atoms with Crippen LogP contribution < -0.4 is 5.32 Å². The van der Waals surface area contributed by atoms with E-state index >= 15 is 0 Å². The zero-order valence-electron chi connectivity index (χ0n) is 12.1. The van der Waals surface area contributed by atoms with Crippen molar-refractivity contribution in [3.63, 3.8) is 0 Å². The van der Waals surface area contributed by atoms with Crippen LogP contribution in [0.3, 0.4) is 0 Å². The van der Waals surface area contributed by atoms with Crippen molar-refractivity contribution in [3.05, 3.63) is 0 Å². The Hall–Kier alpha value is -0.0800. The highest BCUT2D eigenvalue weighted by Crippen LogP contribution is 2.36. The van der Waals surface area contributed by atoms with E-state index in [9.17, 15) is 0 Å². The molecule has 2 nitrogen and oxygen atoms in total. The molecule has 0 aromatic heterocycles. The third-order valence-corrected chi connectivity index (χ3v) is 5.08. The number of rotatable bonds is 4. The molecule has 0 aliphatic carbocycles. The van der Waals surface area contributed by atoms with Crippen LogP contribution in [0.4, 0.5) is 0 Å². The highest BCUT2D eigenvalue weighted by molar-refractivity contribution is 4.98. The fourth-order valence-electron chi connectivity index (χ4n) is 3.75. The molecule has 0 aromatic rings. The molecule has 2 aliphatic heterocycles. The van der Waals surface area contributed by atoms with Crippen molar-refractivity contribution >= 4 is 0 Å². The maximum Gasteiger partial charge on any atom is 0.0208 e. The summed E-state index contributed by atoms with van der Waals surface area (Å²) in [5.41, 5.74) is 0.456. The highest BCUT2D eigenvalue weighted by Gasteiger charge is 2.40. The summed E-state index contributed by atoms with van der Waals surface area (Å²) < 4.78 is 0. The van der Waals surface area contributed by atoms with Crippen molar-refractivity contribution in [1.82, 2.24) is 10.2 Å². The molecule has 0 radical (unpaired) electrons. The van der Waals surface area contributed by atoms with Gasteiger partial charge in [0.2, 0.25) is 0 Å². The fourth-order valence-corrected chi connectivity index (χ4v) is 3.75. The normalized spacial score (nSPS) is 35.3. The summed E-state index contributed by atoms with van der Waals surface area (Å²) in [6.07, 6.45) is 5.57. The summed E-state index contributed by atoms with van der Waals surface area (Å²) in [6.45, 7) is 13.3. The Balaban J connectivity index is 1.92. The Labute approximate surface area is 107 Å². The van der Waals surface area contributed by atoms with Gasteiger partial charge in [-0.1, -0.05) is 13.8 Å². The highest BCUT2D eigenvalue weighted by atomic mass is 15.2. The molecule has 0 aromatic carbocycles. The van der Waals surface area contributed by atoms with Crippen LogP contribution in [0.1, 0.15) is 53.4 Å². The van der Waals surface area contributed by atoms with Gasteiger partial charge in [0.05, 0.1) is 0 Å². The molecule has 2 atom stereocenters. The Kier molecular flexibility index (Phi) is 4.14. The van der Waals surface area contributed by atoms with Crippen molar-refractivity contribution < 1.29 is 0 Å². The molecule has 17 heavy (non-hydrogen) atoms. The number of hydrogen-bond acceptors (Lipinski definition) is 2. The van der Waals surface area contributed by atoms with Gasteiger partial charge < -0.3 is 10.2 Å². The van der Waals surface area contributed by atoms with E-state index in [4.69, 9.17) is 0 Å². The quantitative estimate of drug-likeness (QED) is 0.810. The molecule has 2 unspecified atom stereocenters. The van der Waals surface area contributed by atoms with Gasteiger partial charge in [0.15, 0.2) is 0 Å². The number of hydrogen-bond donors (Lipinski definition) is 1. The third-order valence-electron chi connectivity index (χ3n) is 5.08. The topological polar surface area (TPSA) is 15.3 Å².